The van der Waals surface area contributed by atoms with Crippen molar-refractivity contribution in [2.24, 2.45) is 0 Å². The molecule has 8 aromatic carbocycles. The molecule has 0 bridgehead atoms. The molecule has 3 heterocycles. The van der Waals surface area contributed by atoms with E-state index in [0.717, 1.165) is 77.5 Å². The van der Waals surface area contributed by atoms with Crippen LogP contribution < -0.4 is 0 Å². The normalized spacial score (nSPS) is 12.6. The van der Waals surface area contributed by atoms with Gasteiger partial charge in [0.05, 0.1) is 16.5 Å². The summed E-state index contributed by atoms with van der Waals surface area (Å²) in [7, 11) is 0. The molecular weight excluding hydrogens is 685 g/mol. The third-order valence-corrected chi connectivity index (χ3v) is 10.4. The smallest absolute Gasteiger partial charge is 0.164 e. The van der Waals surface area contributed by atoms with Gasteiger partial charge in [-0.2, -0.15) is 0 Å². The summed E-state index contributed by atoms with van der Waals surface area (Å²) in [5, 5.41) is 3.27. The monoisotopic (exact) mass is 720 g/mol. The number of hydrogen-bond acceptors (Lipinski definition) is 4. The average Bonchev–Trinajstić information content (AvgIpc) is 3.86. The maximum absolute atomic E-state index is 9.14. The van der Waals surface area contributed by atoms with Crippen LogP contribution in [0.5, 0.6) is 0 Å². The van der Waals surface area contributed by atoms with Crippen molar-refractivity contribution < 1.29 is 9.90 Å². The first-order chi connectivity index (χ1) is 29.4. The second-order valence-corrected chi connectivity index (χ2v) is 13.7. The molecule has 11 aromatic rings. The van der Waals surface area contributed by atoms with Gasteiger partial charge < -0.3 is 8.98 Å². The molecule has 5 nitrogen and oxygen atoms in total. The van der Waals surface area contributed by atoms with Crippen LogP contribution in [0.3, 0.4) is 0 Å². The number of hydrogen-bond donors (Lipinski definition) is 0. The Hall–Kier alpha value is -7.63. The van der Waals surface area contributed by atoms with Crippen LogP contribution >= 0.6 is 0 Å². The van der Waals surface area contributed by atoms with Gasteiger partial charge in [-0.15, -0.1) is 0 Å². The fourth-order valence-corrected chi connectivity index (χ4v) is 7.74. The SMILES string of the molecule is [2H]c1c([2H])c([2H])c2c(c1[2H])c1cc(-c3ccccc3-c3ccccc3)ccc1n2-c1ccc(-c2nc(-c3ccccc3)nc(-c3ccc4c(c3)oc3ccccc34)n2)cc1. The highest BCUT2D eigenvalue weighted by Crippen LogP contribution is 2.39. The minimum absolute atomic E-state index is 0.0770. The van der Waals surface area contributed by atoms with E-state index < -0.39 is 0 Å². The first-order valence-corrected chi connectivity index (χ1v) is 18.4. The Kier molecular flexibility index (Phi) is 6.50. The number of furan rings is 1. The third kappa shape index (κ3) is 5.37. The molecule has 0 radical (unpaired) electrons. The molecule has 0 aliphatic heterocycles. The maximum atomic E-state index is 9.14. The van der Waals surface area contributed by atoms with Crippen molar-refractivity contribution in [2.45, 2.75) is 0 Å². The summed E-state index contributed by atoms with van der Waals surface area (Å²) >= 11 is 0. The van der Waals surface area contributed by atoms with E-state index in [0.29, 0.717) is 28.4 Å². The molecule has 0 saturated heterocycles. The van der Waals surface area contributed by atoms with Crippen LogP contribution in [0, 0.1) is 0 Å². The Labute approximate surface area is 328 Å². The van der Waals surface area contributed by atoms with Crippen LogP contribution in [-0.4, -0.2) is 19.5 Å². The molecule has 0 aliphatic rings. The number of aromatic nitrogens is 4. The highest BCUT2D eigenvalue weighted by atomic mass is 16.3. The van der Waals surface area contributed by atoms with Gasteiger partial charge in [-0.25, -0.2) is 15.0 Å². The van der Waals surface area contributed by atoms with Gasteiger partial charge in [0, 0.05) is 43.9 Å². The minimum Gasteiger partial charge on any atom is -0.456 e. The van der Waals surface area contributed by atoms with Crippen LogP contribution in [0.4, 0.5) is 0 Å². The molecule has 0 spiro atoms. The lowest BCUT2D eigenvalue weighted by Gasteiger charge is -2.12. The third-order valence-electron chi connectivity index (χ3n) is 10.4. The van der Waals surface area contributed by atoms with E-state index in [1.165, 1.54) is 0 Å². The molecule has 5 heteroatoms. The Balaban J connectivity index is 1.06. The van der Waals surface area contributed by atoms with Crippen LogP contribution in [0.1, 0.15) is 5.48 Å². The van der Waals surface area contributed by atoms with Crippen LogP contribution in [0.15, 0.2) is 198 Å². The molecule has 0 fully saturated rings. The van der Waals surface area contributed by atoms with Gasteiger partial charge in [-0.1, -0.05) is 133 Å². The van der Waals surface area contributed by atoms with Crippen molar-refractivity contribution in [3.05, 3.63) is 194 Å². The summed E-state index contributed by atoms with van der Waals surface area (Å²) < 4.78 is 43.7. The van der Waals surface area contributed by atoms with Gasteiger partial charge in [0.15, 0.2) is 17.5 Å². The molecule has 0 saturated carbocycles. The Morgan fingerprint density at radius 3 is 1.73 bits per heavy atom. The lowest BCUT2D eigenvalue weighted by atomic mass is 9.94. The first kappa shape index (κ1) is 27.9. The largest absolute Gasteiger partial charge is 0.456 e. The van der Waals surface area contributed by atoms with E-state index in [2.05, 4.69) is 36.4 Å². The number of nitrogens with zero attached hydrogens (tertiary/aromatic N) is 4. The standard InChI is InChI=1S/C51H32N4O/c1-3-13-33(14-4-1)39-17-7-8-18-40(39)36-26-30-46-44(31-36)41-19-9-11-21-45(41)55(46)38-27-23-35(24-28-38)50-52-49(34-15-5-2-6-16-34)53-51(54-50)37-25-29-43-42-20-10-12-22-47(42)56-48(43)32-37/h1-32H/i9D,11D,19D,21D. The minimum atomic E-state index is -0.283. The number of benzene rings is 8. The molecule has 262 valence electrons. The highest BCUT2D eigenvalue weighted by molar-refractivity contribution is 6.11. The van der Waals surface area contributed by atoms with Crippen molar-refractivity contribution in [3.63, 3.8) is 0 Å². The van der Waals surface area contributed by atoms with Crippen molar-refractivity contribution in [3.8, 4) is 62.1 Å². The zero-order valence-electron chi connectivity index (χ0n) is 33.9. The number of rotatable bonds is 6. The van der Waals surface area contributed by atoms with E-state index in [1.807, 2.05) is 138 Å². The number of fused-ring (bicyclic) bond motifs is 6. The summed E-state index contributed by atoms with van der Waals surface area (Å²) in [5.74, 6) is 1.53. The Morgan fingerprint density at radius 1 is 0.393 bits per heavy atom. The molecule has 56 heavy (non-hydrogen) atoms. The molecular formula is C51H32N4O. The van der Waals surface area contributed by atoms with Gasteiger partial charge in [-0.05, 0) is 82.9 Å². The predicted octanol–water partition coefficient (Wildman–Crippen LogP) is 13.2. The second kappa shape index (κ2) is 13.0. The van der Waals surface area contributed by atoms with Gasteiger partial charge >= 0.3 is 0 Å². The maximum Gasteiger partial charge on any atom is 0.164 e. The zero-order valence-corrected chi connectivity index (χ0v) is 29.9. The summed E-state index contributed by atoms with van der Waals surface area (Å²) in [6.45, 7) is 0. The van der Waals surface area contributed by atoms with Crippen LogP contribution in [-0.2, 0) is 0 Å². The Bertz CT molecular complexity index is 3470. The van der Waals surface area contributed by atoms with E-state index in [-0.39, 0.29) is 24.2 Å². The van der Waals surface area contributed by atoms with E-state index in [1.54, 1.807) is 0 Å². The van der Waals surface area contributed by atoms with Crippen LogP contribution in [0.2, 0.25) is 0 Å². The fourth-order valence-electron chi connectivity index (χ4n) is 7.74. The quantitative estimate of drug-likeness (QED) is 0.172. The van der Waals surface area contributed by atoms with E-state index >= 15 is 0 Å². The summed E-state index contributed by atoms with van der Waals surface area (Å²) in [5.41, 5.74) is 10.0. The first-order valence-electron chi connectivity index (χ1n) is 20.4. The van der Waals surface area contributed by atoms with Gasteiger partial charge in [0.25, 0.3) is 0 Å². The fraction of sp³-hybridized carbons (Fsp3) is 0. The van der Waals surface area contributed by atoms with Crippen molar-refractivity contribution in [1.82, 2.24) is 19.5 Å². The average molecular weight is 721 g/mol. The summed E-state index contributed by atoms with van der Waals surface area (Å²) in [4.78, 5) is 14.9. The topological polar surface area (TPSA) is 56.7 Å². The number of para-hydroxylation sites is 2. The van der Waals surface area contributed by atoms with Crippen molar-refractivity contribution in [1.29, 1.82) is 0 Å². The molecule has 0 amide bonds. The zero-order chi connectivity index (χ0) is 40.5. The Morgan fingerprint density at radius 2 is 0.964 bits per heavy atom. The van der Waals surface area contributed by atoms with E-state index in [9.17, 15) is 0 Å². The van der Waals surface area contributed by atoms with Gasteiger partial charge in [0.1, 0.15) is 11.2 Å². The molecule has 0 unspecified atom stereocenters. The second-order valence-electron chi connectivity index (χ2n) is 13.7. The van der Waals surface area contributed by atoms with Gasteiger partial charge in [-0.3, -0.25) is 0 Å². The lowest BCUT2D eigenvalue weighted by Crippen LogP contribution is -2.00. The molecule has 0 aliphatic carbocycles. The predicted molar refractivity (Wildman–Crippen MR) is 229 cm³/mol. The molecule has 0 atom stereocenters. The van der Waals surface area contributed by atoms with Crippen LogP contribution in [0.25, 0.3) is 106 Å². The highest BCUT2D eigenvalue weighted by Gasteiger charge is 2.17. The summed E-state index contributed by atoms with van der Waals surface area (Å²) in [6, 6.07) is 55.5. The molecule has 0 N–H and O–H groups in total. The van der Waals surface area contributed by atoms with E-state index in [4.69, 9.17) is 24.9 Å². The summed E-state index contributed by atoms with van der Waals surface area (Å²) in [6.07, 6.45) is 0. The van der Waals surface area contributed by atoms with Crippen molar-refractivity contribution >= 4 is 43.7 Å². The molecule has 3 aromatic heterocycles. The van der Waals surface area contributed by atoms with Crippen molar-refractivity contribution in [2.75, 3.05) is 0 Å². The lowest BCUT2D eigenvalue weighted by molar-refractivity contribution is 0.669. The molecule has 11 rings (SSSR count). The van der Waals surface area contributed by atoms with Gasteiger partial charge in [0.2, 0.25) is 0 Å².